The lowest BCUT2D eigenvalue weighted by atomic mass is 10.1. The van der Waals surface area contributed by atoms with Crippen molar-refractivity contribution in [2.24, 2.45) is 0 Å². The Bertz CT molecular complexity index is 380. The fourth-order valence-electron chi connectivity index (χ4n) is 2.39. The Hall–Kier alpha value is -1.22. The molecule has 0 unspecified atom stereocenters. The molecule has 1 aromatic rings. The Morgan fingerprint density at radius 2 is 2.00 bits per heavy atom. The topological polar surface area (TPSA) is 38.7 Å². The van der Waals surface area contributed by atoms with Crippen LogP contribution in [0.3, 0.4) is 0 Å². The third kappa shape index (κ3) is 1.38. The summed E-state index contributed by atoms with van der Waals surface area (Å²) in [5, 5.41) is 9.72. The minimum Gasteiger partial charge on any atom is -0.504 e. The van der Waals surface area contributed by atoms with Gasteiger partial charge in [-0.05, 0) is 18.9 Å². The van der Waals surface area contributed by atoms with E-state index in [9.17, 15) is 5.11 Å². The predicted molar refractivity (Wildman–Crippen MR) is 54.7 cm³/mol. The van der Waals surface area contributed by atoms with E-state index >= 15 is 0 Å². The second-order valence-corrected chi connectivity index (χ2v) is 4.27. The van der Waals surface area contributed by atoms with Crippen LogP contribution in [0.2, 0.25) is 0 Å². The summed E-state index contributed by atoms with van der Waals surface area (Å²) in [6, 6.07) is 5.40. The minimum atomic E-state index is -0.453. The summed E-state index contributed by atoms with van der Waals surface area (Å²) in [5.41, 5.74) is 0.938. The maximum Gasteiger partial charge on any atom is 0.211 e. The molecule has 0 bridgehead atoms. The van der Waals surface area contributed by atoms with Crippen molar-refractivity contribution in [3.8, 4) is 11.5 Å². The average Bonchev–Trinajstić information content (AvgIpc) is 2.68. The number of phenolic OH excluding ortho intramolecular Hbond substituents is 1. The zero-order chi connectivity index (χ0) is 10.3. The zero-order valence-corrected chi connectivity index (χ0v) is 8.53. The van der Waals surface area contributed by atoms with E-state index in [1.165, 1.54) is 0 Å². The number of benzene rings is 1. The predicted octanol–water partition coefficient (Wildman–Crippen LogP) is 2.57. The third-order valence-electron chi connectivity index (χ3n) is 3.22. The average molecular weight is 206 g/mol. The van der Waals surface area contributed by atoms with Gasteiger partial charge >= 0.3 is 0 Å². The number of para-hydroxylation sites is 1. The van der Waals surface area contributed by atoms with Crippen LogP contribution in [0.15, 0.2) is 18.2 Å². The maximum absolute atomic E-state index is 9.72. The zero-order valence-electron chi connectivity index (χ0n) is 8.53. The third-order valence-corrected chi connectivity index (χ3v) is 3.22. The first-order valence-electron chi connectivity index (χ1n) is 5.43. The standard InChI is InChI=1S/C12H14O3/c13-10-5-3-4-9-8-14-12(15-11(9)10)6-1-2-7-12/h3-5,13H,1-2,6-8H2. The molecule has 1 heterocycles. The molecule has 1 spiro atoms. The van der Waals surface area contributed by atoms with Crippen molar-refractivity contribution in [3.63, 3.8) is 0 Å². The van der Waals surface area contributed by atoms with Crippen LogP contribution in [-0.4, -0.2) is 10.9 Å². The lowest BCUT2D eigenvalue weighted by Gasteiger charge is -2.35. The van der Waals surface area contributed by atoms with Crippen LogP contribution in [0.25, 0.3) is 0 Å². The lowest BCUT2D eigenvalue weighted by Crippen LogP contribution is -2.39. The highest BCUT2D eigenvalue weighted by Crippen LogP contribution is 2.44. The second-order valence-electron chi connectivity index (χ2n) is 4.27. The maximum atomic E-state index is 9.72. The van der Waals surface area contributed by atoms with Crippen LogP contribution >= 0.6 is 0 Å². The van der Waals surface area contributed by atoms with E-state index in [-0.39, 0.29) is 5.75 Å². The lowest BCUT2D eigenvalue weighted by molar-refractivity contribution is -0.201. The van der Waals surface area contributed by atoms with Crippen LogP contribution in [0.4, 0.5) is 0 Å². The number of phenols is 1. The van der Waals surface area contributed by atoms with E-state index in [1.807, 2.05) is 12.1 Å². The molecular weight excluding hydrogens is 192 g/mol. The summed E-state index contributed by atoms with van der Waals surface area (Å²) in [4.78, 5) is 0. The van der Waals surface area contributed by atoms with Crippen LogP contribution < -0.4 is 4.74 Å². The van der Waals surface area contributed by atoms with Crippen molar-refractivity contribution < 1.29 is 14.6 Å². The molecule has 1 aromatic carbocycles. The summed E-state index contributed by atoms with van der Waals surface area (Å²) < 4.78 is 11.6. The first-order valence-corrected chi connectivity index (χ1v) is 5.43. The molecule has 3 heteroatoms. The molecule has 15 heavy (non-hydrogen) atoms. The highest BCUT2D eigenvalue weighted by Gasteiger charge is 2.41. The number of hydrogen-bond donors (Lipinski definition) is 1. The van der Waals surface area contributed by atoms with Crippen molar-refractivity contribution in [1.82, 2.24) is 0 Å². The molecule has 0 aromatic heterocycles. The number of rotatable bonds is 0. The van der Waals surface area contributed by atoms with E-state index in [0.717, 1.165) is 31.2 Å². The fraction of sp³-hybridized carbons (Fsp3) is 0.500. The summed E-state index contributed by atoms with van der Waals surface area (Å²) >= 11 is 0. The highest BCUT2D eigenvalue weighted by molar-refractivity contribution is 5.46. The summed E-state index contributed by atoms with van der Waals surface area (Å²) in [6.07, 6.45) is 4.15. The molecule has 1 saturated carbocycles. The van der Waals surface area contributed by atoms with Gasteiger partial charge in [-0.1, -0.05) is 12.1 Å². The Morgan fingerprint density at radius 3 is 2.80 bits per heavy atom. The van der Waals surface area contributed by atoms with Gasteiger partial charge in [0.2, 0.25) is 5.79 Å². The quantitative estimate of drug-likeness (QED) is 0.709. The van der Waals surface area contributed by atoms with Gasteiger partial charge in [-0.2, -0.15) is 0 Å². The molecule has 3 rings (SSSR count). The smallest absolute Gasteiger partial charge is 0.211 e. The van der Waals surface area contributed by atoms with E-state index in [0.29, 0.717) is 12.4 Å². The van der Waals surface area contributed by atoms with Gasteiger partial charge in [0, 0.05) is 18.4 Å². The molecule has 3 nitrogen and oxygen atoms in total. The van der Waals surface area contributed by atoms with Gasteiger partial charge in [0.05, 0.1) is 6.61 Å². The van der Waals surface area contributed by atoms with E-state index in [1.54, 1.807) is 6.07 Å². The minimum absolute atomic E-state index is 0.224. The summed E-state index contributed by atoms with van der Waals surface area (Å²) in [5.74, 6) is 0.388. The van der Waals surface area contributed by atoms with Gasteiger partial charge < -0.3 is 14.6 Å². The highest BCUT2D eigenvalue weighted by atomic mass is 16.7. The molecule has 0 radical (unpaired) electrons. The van der Waals surface area contributed by atoms with Gasteiger partial charge in [0.1, 0.15) is 0 Å². The fourth-order valence-corrected chi connectivity index (χ4v) is 2.39. The molecule has 1 aliphatic carbocycles. The summed E-state index contributed by atoms with van der Waals surface area (Å²) in [6.45, 7) is 0.545. The number of aromatic hydroxyl groups is 1. The second kappa shape index (κ2) is 3.14. The molecular formula is C12H14O3. The molecule has 1 aliphatic heterocycles. The van der Waals surface area contributed by atoms with Gasteiger partial charge in [0.25, 0.3) is 0 Å². The first kappa shape index (κ1) is 9.04. The normalized spacial score (nSPS) is 22.4. The van der Waals surface area contributed by atoms with Crippen LogP contribution in [0.1, 0.15) is 31.2 Å². The Morgan fingerprint density at radius 1 is 1.20 bits per heavy atom. The van der Waals surface area contributed by atoms with Gasteiger partial charge in [-0.3, -0.25) is 0 Å². The van der Waals surface area contributed by atoms with Gasteiger partial charge in [-0.15, -0.1) is 0 Å². The largest absolute Gasteiger partial charge is 0.504 e. The molecule has 1 fully saturated rings. The van der Waals surface area contributed by atoms with Crippen molar-refractivity contribution in [1.29, 1.82) is 0 Å². The molecule has 80 valence electrons. The Balaban J connectivity index is 1.98. The van der Waals surface area contributed by atoms with Crippen LogP contribution in [0.5, 0.6) is 11.5 Å². The van der Waals surface area contributed by atoms with Gasteiger partial charge in [0.15, 0.2) is 11.5 Å². The monoisotopic (exact) mass is 206 g/mol. The van der Waals surface area contributed by atoms with Crippen LogP contribution in [0, 0.1) is 0 Å². The number of hydrogen-bond acceptors (Lipinski definition) is 3. The molecule has 0 amide bonds. The van der Waals surface area contributed by atoms with E-state index in [2.05, 4.69) is 0 Å². The number of ether oxygens (including phenoxy) is 2. The summed E-state index contributed by atoms with van der Waals surface area (Å²) in [7, 11) is 0. The molecule has 1 N–H and O–H groups in total. The molecule has 0 atom stereocenters. The van der Waals surface area contributed by atoms with Crippen molar-refractivity contribution in [3.05, 3.63) is 23.8 Å². The van der Waals surface area contributed by atoms with E-state index < -0.39 is 5.79 Å². The van der Waals surface area contributed by atoms with E-state index in [4.69, 9.17) is 9.47 Å². The molecule has 0 saturated heterocycles. The Labute approximate surface area is 88.6 Å². The van der Waals surface area contributed by atoms with Crippen LogP contribution in [-0.2, 0) is 11.3 Å². The number of fused-ring (bicyclic) bond motifs is 1. The van der Waals surface area contributed by atoms with Crippen molar-refractivity contribution in [2.45, 2.75) is 38.1 Å². The van der Waals surface area contributed by atoms with Crippen molar-refractivity contribution in [2.75, 3.05) is 0 Å². The van der Waals surface area contributed by atoms with Gasteiger partial charge in [-0.25, -0.2) is 0 Å². The Kier molecular flexibility index (Phi) is 1.89. The molecule has 2 aliphatic rings. The SMILES string of the molecule is Oc1cccc2c1OC1(CCCC1)OC2. The first-order chi connectivity index (χ1) is 7.29. The van der Waals surface area contributed by atoms with Crippen molar-refractivity contribution >= 4 is 0 Å².